The van der Waals surface area contributed by atoms with Crippen LogP contribution in [-0.4, -0.2) is 11.1 Å². The average molecular weight is 308 g/mol. The number of benzene rings is 2. The van der Waals surface area contributed by atoms with E-state index in [0.29, 0.717) is 29.6 Å². The summed E-state index contributed by atoms with van der Waals surface area (Å²) >= 11 is 0. The predicted octanol–water partition coefficient (Wildman–Crippen LogP) is 3.87. The standard InChI is InChI=1S/C19H16O4/c20-15-12-17(13-6-2-1-3-7-13)23-16-10-4-8-14(19(15)16)9-5-11-18(21)22/h1-4,6-8,10,12H,5,9,11H2,(H,21,22). The molecule has 3 rings (SSSR count). The van der Waals surface area contributed by atoms with Crippen LogP contribution in [0.1, 0.15) is 18.4 Å². The van der Waals surface area contributed by atoms with Crippen molar-refractivity contribution in [3.63, 3.8) is 0 Å². The van der Waals surface area contributed by atoms with Gasteiger partial charge in [-0.05, 0) is 24.5 Å². The van der Waals surface area contributed by atoms with E-state index in [1.807, 2.05) is 42.5 Å². The summed E-state index contributed by atoms with van der Waals surface area (Å²) in [5.74, 6) is -0.297. The minimum absolute atomic E-state index is 0.0871. The van der Waals surface area contributed by atoms with Crippen molar-refractivity contribution in [1.82, 2.24) is 0 Å². The molecular formula is C19H16O4. The van der Waals surface area contributed by atoms with Gasteiger partial charge in [0.1, 0.15) is 11.3 Å². The van der Waals surface area contributed by atoms with E-state index in [1.54, 1.807) is 6.07 Å². The van der Waals surface area contributed by atoms with Gasteiger partial charge in [0.2, 0.25) is 0 Å². The molecule has 4 heteroatoms. The number of carboxylic acid groups (broad SMARTS) is 1. The second kappa shape index (κ2) is 6.48. The van der Waals surface area contributed by atoms with Crippen LogP contribution in [0.25, 0.3) is 22.3 Å². The molecule has 0 radical (unpaired) electrons. The van der Waals surface area contributed by atoms with Gasteiger partial charge in [0.25, 0.3) is 0 Å². The van der Waals surface area contributed by atoms with Gasteiger partial charge in [-0.2, -0.15) is 0 Å². The van der Waals surface area contributed by atoms with Gasteiger partial charge >= 0.3 is 5.97 Å². The summed E-state index contributed by atoms with van der Waals surface area (Å²) in [4.78, 5) is 23.2. The van der Waals surface area contributed by atoms with E-state index in [0.717, 1.165) is 11.1 Å². The topological polar surface area (TPSA) is 67.5 Å². The average Bonchev–Trinajstić information content (AvgIpc) is 2.55. The lowest BCUT2D eigenvalue weighted by atomic mass is 10.0. The zero-order chi connectivity index (χ0) is 16.2. The molecular weight excluding hydrogens is 292 g/mol. The van der Waals surface area contributed by atoms with Crippen LogP contribution in [0.15, 0.2) is 63.8 Å². The highest BCUT2D eigenvalue weighted by Crippen LogP contribution is 2.24. The van der Waals surface area contributed by atoms with Gasteiger partial charge in [0.05, 0.1) is 5.39 Å². The number of hydrogen-bond donors (Lipinski definition) is 1. The molecule has 1 heterocycles. The van der Waals surface area contributed by atoms with E-state index in [2.05, 4.69) is 0 Å². The summed E-state index contributed by atoms with van der Waals surface area (Å²) in [6.07, 6.45) is 1.12. The Balaban J connectivity index is 2.03. The third kappa shape index (κ3) is 3.31. The molecule has 1 N–H and O–H groups in total. The smallest absolute Gasteiger partial charge is 0.303 e. The molecule has 2 aromatic carbocycles. The number of carboxylic acids is 1. The monoisotopic (exact) mass is 308 g/mol. The van der Waals surface area contributed by atoms with Gasteiger partial charge in [-0.25, -0.2) is 0 Å². The fourth-order valence-corrected chi connectivity index (χ4v) is 2.66. The number of aryl methyl sites for hydroxylation is 1. The van der Waals surface area contributed by atoms with Crippen molar-refractivity contribution in [3.05, 3.63) is 70.4 Å². The van der Waals surface area contributed by atoms with Crippen LogP contribution >= 0.6 is 0 Å². The second-order valence-electron chi connectivity index (χ2n) is 5.38. The predicted molar refractivity (Wildman–Crippen MR) is 88.5 cm³/mol. The Morgan fingerprint density at radius 2 is 1.83 bits per heavy atom. The van der Waals surface area contributed by atoms with Crippen LogP contribution in [0, 0.1) is 0 Å². The van der Waals surface area contributed by atoms with Crippen molar-refractivity contribution >= 4 is 16.9 Å². The first-order valence-corrected chi connectivity index (χ1v) is 7.48. The lowest BCUT2D eigenvalue weighted by Gasteiger charge is -2.07. The van der Waals surface area contributed by atoms with Crippen LogP contribution in [0.3, 0.4) is 0 Å². The fourth-order valence-electron chi connectivity index (χ4n) is 2.66. The number of hydrogen-bond acceptors (Lipinski definition) is 3. The Morgan fingerprint density at radius 3 is 2.57 bits per heavy atom. The van der Waals surface area contributed by atoms with Crippen LogP contribution in [0.4, 0.5) is 0 Å². The zero-order valence-corrected chi connectivity index (χ0v) is 12.5. The molecule has 0 fully saturated rings. The SMILES string of the molecule is O=C(O)CCCc1cccc2oc(-c3ccccc3)cc(=O)c12. The summed E-state index contributed by atoms with van der Waals surface area (Å²) < 4.78 is 5.88. The molecule has 3 aromatic rings. The molecule has 116 valence electrons. The van der Waals surface area contributed by atoms with Crippen molar-refractivity contribution < 1.29 is 14.3 Å². The van der Waals surface area contributed by atoms with Crippen molar-refractivity contribution in [2.45, 2.75) is 19.3 Å². The first-order valence-electron chi connectivity index (χ1n) is 7.48. The highest BCUT2D eigenvalue weighted by Gasteiger charge is 2.10. The molecule has 0 aliphatic heterocycles. The summed E-state index contributed by atoms with van der Waals surface area (Å²) in [5, 5.41) is 9.28. The molecule has 0 bridgehead atoms. The van der Waals surface area contributed by atoms with Crippen LogP contribution < -0.4 is 5.43 Å². The molecule has 23 heavy (non-hydrogen) atoms. The van der Waals surface area contributed by atoms with E-state index in [4.69, 9.17) is 9.52 Å². The van der Waals surface area contributed by atoms with Crippen molar-refractivity contribution in [2.24, 2.45) is 0 Å². The highest BCUT2D eigenvalue weighted by molar-refractivity contribution is 5.82. The van der Waals surface area contributed by atoms with E-state index < -0.39 is 5.97 Å². The molecule has 0 amide bonds. The van der Waals surface area contributed by atoms with E-state index in [9.17, 15) is 9.59 Å². The normalized spacial score (nSPS) is 10.8. The largest absolute Gasteiger partial charge is 0.481 e. The van der Waals surface area contributed by atoms with Crippen LogP contribution in [0.5, 0.6) is 0 Å². The van der Waals surface area contributed by atoms with Crippen LogP contribution in [-0.2, 0) is 11.2 Å². The number of fused-ring (bicyclic) bond motifs is 1. The lowest BCUT2D eigenvalue weighted by Crippen LogP contribution is -2.05. The second-order valence-corrected chi connectivity index (χ2v) is 5.38. The summed E-state index contributed by atoms with van der Waals surface area (Å²) in [6.45, 7) is 0. The summed E-state index contributed by atoms with van der Waals surface area (Å²) in [5.41, 5.74) is 2.11. The summed E-state index contributed by atoms with van der Waals surface area (Å²) in [7, 11) is 0. The van der Waals surface area contributed by atoms with E-state index in [-0.39, 0.29) is 11.8 Å². The third-order valence-electron chi connectivity index (χ3n) is 3.74. The van der Waals surface area contributed by atoms with Crippen molar-refractivity contribution in [2.75, 3.05) is 0 Å². The first kappa shape index (κ1) is 15.0. The van der Waals surface area contributed by atoms with E-state index >= 15 is 0 Å². The molecule has 1 aromatic heterocycles. The molecule has 0 aliphatic carbocycles. The molecule has 0 spiro atoms. The van der Waals surface area contributed by atoms with Crippen molar-refractivity contribution in [3.8, 4) is 11.3 Å². The molecule has 0 aliphatic rings. The fraction of sp³-hybridized carbons (Fsp3) is 0.158. The zero-order valence-electron chi connectivity index (χ0n) is 12.5. The number of aliphatic carboxylic acids is 1. The van der Waals surface area contributed by atoms with Gasteiger partial charge < -0.3 is 9.52 Å². The molecule has 0 atom stereocenters. The molecule has 0 saturated heterocycles. The third-order valence-corrected chi connectivity index (χ3v) is 3.74. The molecule has 4 nitrogen and oxygen atoms in total. The molecule has 0 saturated carbocycles. The minimum Gasteiger partial charge on any atom is -0.481 e. The lowest BCUT2D eigenvalue weighted by molar-refractivity contribution is -0.137. The maximum atomic E-state index is 12.5. The van der Waals surface area contributed by atoms with Gasteiger partial charge in [-0.1, -0.05) is 42.5 Å². The number of carbonyl (C=O) groups is 1. The first-order chi connectivity index (χ1) is 11.1. The van der Waals surface area contributed by atoms with Gasteiger partial charge in [-0.15, -0.1) is 0 Å². The van der Waals surface area contributed by atoms with E-state index in [1.165, 1.54) is 6.07 Å². The Hall–Kier alpha value is -2.88. The van der Waals surface area contributed by atoms with Gasteiger partial charge in [0.15, 0.2) is 5.43 Å². The maximum Gasteiger partial charge on any atom is 0.303 e. The van der Waals surface area contributed by atoms with Gasteiger partial charge in [-0.3, -0.25) is 9.59 Å². The minimum atomic E-state index is -0.830. The van der Waals surface area contributed by atoms with Crippen molar-refractivity contribution in [1.29, 1.82) is 0 Å². The number of rotatable bonds is 5. The summed E-state index contributed by atoms with van der Waals surface area (Å²) in [6, 6.07) is 16.4. The van der Waals surface area contributed by atoms with Crippen LogP contribution in [0.2, 0.25) is 0 Å². The Bertz CT molecular complexity index is 894. The molecule has 0 unspecified atom stereocenters. The highest BCUT2D eigenvalue weighted by atomic mass is 16.4. The quantitative estimate of drug-likeness (QED) is 0.777. The maximum absolute atomic E-state index is 12.5. The Kier molecular flexibility index (Phi) is 4.24. The Morgan fingerprint density at radius 1 is 1.04 bits per heavy atom. The van der Waals surface area contributed by atoms with Gasteiger partial charge in [0, 0.05) is 18.1 Å². The Labute approximate surface area is 133 Å².